The van der Waals surface area contributed by atoms with E-state index in [9.17, 15) is 4.79 Å². The number of hydrogen-bond donors (Lipinski definition) is 1. The standard InChI is InChI=1S/C16H22O3/c1-2-13-19-15-11-9-14(10-12-15)7-5-3-4-6-8-16(17)18/h5,7,9-12H,2-4,6,8,13H2,1H3,(H,17,18)/b7-5+. The summed E-state index contributed by atoms with van der Waals surface area (Å²) < 4.78 is 5.51. The molecule has 0 atom stereocenters. The quantitative estimate of drug-likeness (QED) is 0.680. The normalized spacial score (nSPS) is 10.8. The number of allylic oxidation sites excluding steroid dienone is 1. The SMILES string of the molecule is CCCOc1ccc(/C=C/CCCCC(=O)O)cc1. The van der Waals surface area contributed by atoms with Gasteiger partial charge in [-0.25, -0.2) is 0 Å². The van der Waals surface area contributed by atoms with Crippen molar-refractivity contribution in [2.45, 2.75) is 39.0 Å². The second kappa shape index (κ2) is 9.20. The number of carboxylic acid groups (broad SMARTS) is 1. The summed E-state index contributed by atoms with van der Waals surface area (Å²) in [7, 11) is 0. The summed E-state index contributed by atoms with van der Waals surface area (Å²) >= 11 is 0. The van der Waals surface area contributed by atoms with E-state index in [1.165, 1.54) is 0 Å². The van der Waals surface area contributed by atoms with Gasteiger partial charge in [0.05, 0.1) is 6.61 Å². The molecule has 1 aromatic carbocycles. The monoisotopic (exact) mass is 262 g/mol. The fourth-order valence-corrected chi connectivity index (χ4v) is 1.65. The van der Waals surface area contributed by atoms with E-state index in [1.807, 2.05) is 24.3 Å². The van der Waals surface area contributed by atoms with Crippen molar-refractivity contribution in [1.82, 2.24) is 0 Å². The van der Waals surface area contributed by atoms with Crippen molar-refractivity contribution in [3.63, 3.8) is 0 Å². The number of hydrogen-bond acceptors (Lipinski definition) is 2. The van der Waals surface area contributed by atoms with E-state index in [0.717, 1.165) is 43.6 Å². The van der Waals surface area contributed by atoms with Gasteiger partial charge in [-0.2, -0.15) is 0 Å². The largest absolute Gasteiger partial charge is 0.494 e. The van der Waals surface area contributed by atoms with E-state index in [4.69, 9.17) is 9.84 Å². The summed E-state index contributed by atoms with van der Waals surface area (Å²) in [5.74, 6) is 0.187. The lowest BCUT2D eigenvalue weighted by atomic mass is 10.1. The van der Waals surface area contributed by atoms with Crippen molar-refractivity contribution >= 4 is 12.0 Å². The van der Waals surface area contributed by atoms with Crippen LogP contribution < -0.4 is 4.74 Å². The average Bonchev–Trinajstić information content (AvgIpc) is 2.41. The topological polar surface area (TPSA) is 46.5 Å². The van der Waals surface area contributed by atoms with Gasteiger partial charge in [-0.15, -0.1) is 0 Å². The van der Waals surface area contributed by atoms with Gasteiger partial charge in [0.15, 0.2) is 0 Å². The molecule has 1 N–H and O–H groups in total. The number of carboxylic acids is 1. The number of rotatable bonds is 9. The highest BCUT2D eigenvalue weighted by atomic mass is 16.5. The van der Waals surface area contributed by atoms with E-state index in [-0.39, 0.29) is 6.42 Å². The van der Waals surface area contributed by atoms with Gasteiger partial charge in [0, 0.05) is 6.42 Å². The highest BCUT2D eigenvalue weighted by Crippen LogP contribution is 2.14. The molecule has 0 heterocycles. The summed E-state index contributed by atoms with van der Waals surface area (Å²) in [6, 6.07) is 8.00. The van der Waals surface area contributed by atoms with Crippen LogP contribution in [-0.2, 0) is 4.79 Å². The molecule has 0 fully saturated rings. The Labute approximate surface area is 114 Å². The first kappa shape index (κ1) is 15.3. The molecule has 3 heteroatoms. The Bertz CT molecular complexity index is 393. The van der Waals surface area contributed by atoms with Gasteiger partial charge in [0.2, 0.25) is 0 Å². The van der Waals surface area contributed by atoms with Crippen LogP contribution in [0.25, 0.3) is 6.08 Å². The molecule has 104 valence electrons. The minimum atomic E-state index is -0.716. The minimum Gasteiger partial charge on any atom is -0.494 e. The maximum absolute atomic E-state index is 10.3. The zero-order valence-electron chi connectivity index (χ0n) is 11.5. The predicted molar refractivity (Wildman–Crippen MR) is 77.4 cm³/mol. The first-order chi connectivity index (χ1) is 9.22. The maximum atomic E-state index is 10.3. The van der Waals surface area contributed by atoms with Crippen molar-refractivity contribution in [2.24, 2.45) is 0 Å². The van der Waals surface area contributed by atoms with Crippen LogP contribution in [0.15, 0.2) is 30.3 Å². The van der Waals surface area contributed by atoms with Gasteiger partial charge < -0.3 is 9.84 Å². The molecule has 0 saturated carbocycles. The molecule has 0 spiro atoms. The second-order valence-corrected chi connectivity index (χ2v) is 4.46. The Kier molecular flexibility index (Phi) is 7.40. The van der Waals surface area contributed by atoms with Gasteiger partial charge in [0.1, 0.15) is 5.75 Å². The number of aliphatic carboxylic acids is 1. The van der Waals surface area contributed by atoms with E-state index in [0.29, 0.717) is 0 Å². The maximum Gasteiger partial charge on any atom is 0.303 e. The molecule has 0 amide bonds. The summed E-state index contributed by atoms with van der Waals surface area (Å²) in [6.45, 7) is 2.83. The summed E-state index contributed by atoms with van der Waals surface area (Å²) in [5.41, 5.74) is 1.14. The number of carbonyl (C=O) groups is 1. The molecule has 0 aliphatic heterocycles. The van der Waals surface area contributed by atoms with Crippen LogP contribution in [0.3, 0.4) is 0 Å². The lowest BCUT2D eigenvalue weighted by Gasteiger charge is -2.03. The van der Waals surface area contributed by atoms with E-state index < -0.39 is 5.97 Å². The molecule has 3 nitrogen and oxygen atoms in total. The van der Waals surface area contributed by atoms with E-state index in [1.54, 1.807) is 0 Å². The average molecular weight is 262 g/mol. The lowest BCUT2D eigenvalue weighted by molar-refractivity contribution is -0.137. The Morgan fingerprint density at radius 3 is 2.63 bits per heavy atom. The molecule has 0 radical (unpaired) electrons. The third-order valence-electron chi connectivity index (χ3n) is 2.67. The molecule has 0 saturated heterocycles. The first-order valence-corrected chi connectivity index (χ1v) is 6.83. The summed E-state index contributed by atoms with van der Waals surface area (Å²) in [4.78, 5) is 10.3. The highest BCUT2D eigenvalue weighted by Gasteiger charge is 1.95. The first-order valence-electron chi connectivity index (χ1n) is 6.83. The molecule has 1 aromatic rings. The summed E-state index contributed by atoms with van der Waals surface area (Å²) in [6.07, 6.45) is 7.99. The Morgan fingerprint density at radius 1 is 1.26 bits per heavy atom. The predicted octanol–water partition coefficient (Wildman–Crippen LogP) is 4.13. The van der Waals surface area contributed by atoms with Crippen LogP contribution >= 0.6 is 0 Å². The van der Waals surface area contributed by atoms with Crippen LogP contribution in [0, 0.1) is 0 Å². The highest BCUT2D eigenvalue weighted by molar-refractivity contribution is 5.66. The van der Waals surface area contributed by atoms with Crippen LogP contribution in [0.4, 0.5) is 0 Å². The molecule has 0 aliphatic rings. The Morgan fingerprint density at radius 2 is 2.00 bits per heavy atom. The Hall–Kier alpha value is -1.77. The van der Waals surface area contributed by atoms with Crippen molar-refractivity contribution in [3.05, 3.63) is 35.9 Å². The molecule has 19 heavy (non-hydrogen) atoms. The van der Waals surface area contributed by atoms with Crippen molar-refractivity contribution < 1.29 is 14.6 Å². The summed E-state index contributed by atoms with van der Waals surface area (Å²) in [5, 5.41) is 8.51. The van der Waals surface area contributed by atoms with Crippen LogP contribution in [0.2, 0.25) is 0 Å². The lowest BCUT2D eigenvalue weighted by Crippen LogP contribution is -1.94. The van der Waals surface area contributed by atoms with Gasteiger partial charge in [-0.05, 0) is 43.4 Å². The molecule has 1 rings (SSSR count). The van der Waals surface area contributed by atoms with Crippen molar-refractivity contribution in [2.75, 3.05) is 6.61 Å². The van der Waals surface area contributed by atoms with Gasteiger partial charge >= 0.3 is 5.97 Å². The smallest absolute Gasteiger partial charge is 0.303 e. The van der Waals surface area contributed by atoms with Crippen LogP contribution in [0.5, 0.6) is 5.75 Å². The van der Waals surface area contributed by atoms with Crippen molar-refractivity contribution in [1.29, 1.82) is 0 Å². The van der Waals surface area contributed by atoms with E-state index in [2.05, 4.69) is 19.1 Å². The Balaban J connectivity index is 2.26. The molecular formula is C16H22O3. The molecule has 0 aliphatic carbocycles. The number of ether oxygens (including phenoxy) is 1. The zero-order chi connectivity index (χ0) is 13.9. The van der Waals surface area contributed by atoms with Gasteiger partial charge in [0.25, 0.3) is 0 Å². The zero-order valence-corrected chi connectivity index (χ0v) is 11.5. The molecule has 0 aromatic heterocycles. The third kappa shape index (κ3) is 7.29. The fourth-order valence-electron chi connectivity index (χ4n) is 1.65. The van der Waals surface area contributed by atoms with Crippen LogP contribution in [-0.4, -0.2) is 17.7 Å². The number of unbranched alkanes of at least 4 members (excludes halogenated alkanes) is 2. The molecule has 0 unspecified atom stereocenters. The van der Waals surface area contributed by atoms with Crippen molar-refractivity contribution in [3.8, 4) is 5.75 Å². The second-order valence-electron chi connectivity index (χ2n) is 4.46. The van der Waals surface area contributed by atoms with Gasteiger partial charge in [-0.3, -0.25) is 4.79 Å². The molecular weight excluding hydrogens is 240 g/mol. The molecule has 0 bridgehead atoms. The van der Waals surface area contributed by atoms with Crippen LogP contribution in [0.1, 0.15) is 44.6 Å². The third-order valence-corrected chi connectivity index (χ3v) is 2.67. The van der Waals surface area contributed by atoms with Gasteiger partial charge in [-0.1, -0.05) is 31.2 Å². The van der Waals surface area contributed by atoms with E-state index >= 15 is 0 Å². The minimum absolute atomic E-state index is 0.261. The fraction of sp³-hybridized carbons (Fsp3) is 0.438. The number of benzene rings is 1.